The van der Waals surface area contributed by atoms with Crippen LogP contribution in [0.2, 0.25) is 0 Å². The van der Waals surface area contributed by atoms with Crippen molar-refractivity contribution in [2.45, 2.75) is 30.8 Å². The number of urea groups is 1. The van der Waals surface area contributed by atoms with Crippen molar-refractivity contribution in [3.05, 3.63) is 0 Å². The van der Waals surface area contributed by atoms with Crippen LogP contribution in [0.4, 0.5) is 4.79 Å². The van der Waals surface area contributed by atoms with Crippen LogP contribution in [0.25, 0.3) is 0 Å². The second-order valence-electron chi connectivity index (χ2n) is 4.32. The van der Waals surface area contributed by atoms with E-state index in [1.165, 1.54) is 0 Å². The highest BCUT2D eigenvalue weighted by Crippen LogP contribution is 2.38. The van der Waals surface area contributed by atoms with Gasteiger partial charge < -0.3 is 10.2 Å². The number of imide groups is 1. The Balaban J connectivity index is 1.98. The Labute approximate surface area is 81.8 Å². The Morgan fingerprint density at radius 2 is 2.14 bits per heavy atom. The molecule has 3 rings (SSSR count). The molecular weight excluding hydrogens is 182 g/mol. The Bertz CT molecular complexity index is 305. The number of hydrogen-bond donors (Lipinski definition) is 2. The minimum Gasteiger partial charge on any atom is -0.314 e. The highest BCUT2D eigenvalue weighted by atomic mass is 16.2. The van der Waals surface area contributed by atoms with E-state index in [2.05, 4.69) is 10.6 Å². The predicted octanol–water partition coefficient (Wildman–Crippen LogP) is -0.567. The molecule has 3 aliphatic rings. The molecule has 5 nitrogen and oxygen atoms in total. The summed E-state index contributed by atoms with van der Waals surface area (Å²) in [4.78, 5) is 25.1. The van der Waals surface area contributed by atoms with Crippen molar-refractivity contribution in [1.29, 1.82) is 0 Å². The average Bonchev–Trinajstić information content (AvgIpc) is 2.77. The molecule has 2 N–H and O–H groups in total. The van der Waals surface area contributed by atoms with Gasteiger partial charge in [0.05, 0.1) is 0 Å². The van der Waals surface area contributed by atoms with Crippen molar-refractivity contribution < 1.29 is 9.59 Å². The van der Waals surface area contributed by atoms with Crippen molar-refractivity contribution in [3.63, 3.8) is 0 Å². The van der Waals surface area contributed by atoms with Crippen LogP contribution in [0.1, 0.15) is 19.3 Å². The number of carbonyl (C=O) groups is 2. The van der Waals surface area contributed by atoms with Crippen LogP contribution < -0.4 is 10.6 Å². The maximum absolute atomic E-state index is 11.7. The monoisotopic (exact) mass is 195 g/mol. The van der Waals surface area contributed by atoms with Gasteiger partial charge in [0, 0.05) is 12.6 Å². The van der Waals surface area contributed by atoms with E-state index in [1.54, 1.807) is 4.90 Å². The van der Waals surface area contributed by atoms with Crippen LogP contribution in [0.3, 0.4) is 0 Å². The zero-order valence-corrected chi connectivity index (χ0v) is 7.88. The van der Waals surface area contributed by atoms with Crippen LogP contribution in [0.5, 0.6) is 0 Å². The molecule has 1 unspecified atom stereocenters. The first kappa shape index (κ1) is 8.23. The standard InChI is InChI=1S/C9H13N3O2/c13-7-9(3-4-10-5-9)12(6-1-2-6)8(14)11-7/h6,10H,1-5H2,(H,11,13,14). The molecule has 0 aromatic rings. The molecule has 0 radical (unpaired) electrons. The van der Waals surface area contributed by atoms with Crippen LogP contribution >= 0.6 is 0 Å². The van der Waals surface area contributed by atoms with Crippen molar-refractivity contribution >= 4 is 11.9 Å². The van der Waals surface area contributed by atoms with Gasteiger partial charge in [-0.05, 0) is 25.8 Å². The summed E-state index contributed by atoms with van der Waals surface area (Å²) in [6.07, 6.45) is 2.84. The van der Waals surface area contributed by atoms with Crippen molar-refractivity contribution in [2.75, 3.05) is 13.1 Å². The molecule has 1 spiro atoms. The van der Waals surface area contributed by atoms with E-state index in [0.29, 0.717) is 12.6 Å². The van der Waals surface area contributed by atoms with Crippen molar-refractivity contribution in [2.24, 2.45) is 0 Å². The molecule has 1 aliphatic carbocycles. The molecule has 3 fully saturated rings. The molecule has 1 saturated carbocycles. The first-order chi connectivity index (χ1) is 6.74. The Morgan fingerprint density at radius 3 is 2.71 bits per heavy atom. The zero-order valence-electron chi connectivity index (χ0n) is 7.88. The van der Waals surface area contributed by atoms with Gasteiger partial charge in [-0.3, -0.25) is 10.1 Å². The smallest absolute Gasteiger partial charge is 0.314 e. The van der Waals surface area contributed by atoms with Gasteiger partial charge >= 0.3 is 6.03 Å². The van der Waals surface area contributed by atoms with Gasteiger partial charge in [-0.25, -0.2) is 4.79 Å². The molecule has 2 aliphatic heterocycles. The summed E-state index contributed by atoms with van der Waals surface area (Å²) in [5, 5.41) is 5.59. The van der Waals surface area contributed by atoms with E-state index in [-0.39, 0.29) is 11.9 Å². The molecular formula is C9H13N3O2. The van der Waals surface area contributed by atoms with Gasteiger partial charge in [-0.15, -0.1) is 0 Å². The summed E-state index contributed by atoms with van der Waals surface area (Å²) in [7, 11) is 0. The lowest BCUT2D eigenvalue weighted by Gasteiger charge is -2.30. The molecule has 3 amide bonds. The fourth-order valence-corrected chi connectivity index (χ4v) is 2.50. The van der Waals surface area contributed by atoms with E-state index in [9.17, 15) is 9.59 Å². The fraction of sp³-hybridized carbons (Fsp3) is 0.778. The third-order valence-electron chi connectivity index (χ3n) is 3.37. The highest BCUT2D eigenvalue weighted by molar-refractivity contribution is 6.07. The molecule has 0 aromatic heterocycles. The van der Waals surface area contributed by atoms with Gasteiger partial charge in [0.15, 0.2) is 0 Å². The molecule has 14 heavy (non-hydrogen) atoms. The van der Waals surface area contributed by atoms with Gasteiger partial charge in [0.2, 0.25) is 0 Å². The summed E-state index contributed by atoms with van der Waals surface area (Å²) in [6, 6.07) is 0.113. The Kier molecular flexibility index (Phi) is 1.45. The van der Waals surface area contributed by atoms with Crippen LogP contribution in [0.15, 0.2) is 0 Å². The minimum atomic E-state index is -0.557. The van der Waals surface area contributed by atoms with Crippen LogP contribution in [-0.4, -0.2) is 41.5 Å². The summed E-state index contributed by atoms with van der Waals surface area (Å²) in [5.41, 5.74) is -0.557. The highest BCUT2D eigenvalue weighted by Gasteiger charge is 2.58. The molecule has 0 bridgehead atoms. The molecule has 2 heterocycles. The van der Waals surface area contributed by atoms with E-state index >= 15 is 0 Å². The van der Waals surface area contributed by atoms with Crippen molar-refractivity contribution in [1.82, 2.24) is 15.5 Å². The van der Waals surface area contributed by atoms with E-state index in [1.807, 2.05) is 0 Å². The van der Waals surface area contributed by atoms with Crippen molar-refractivity contribution in [3.8, 4) is 0 Å². The Morgan fingerprint density at radius 1 is 1.36 bits per heavy atom. The minimum absolute atomic E-state index is 0.112. The third-order valence-corrected chi connectivity index (χ3v) is 3.37. The average molecular weight is 195 g/mol. The molecule has 1 atom stereocenters. The molecule has 76 valence electrons. The first-order valence-electron chi connectivity index (χ1n) is 5.09. The quantitative estimate of drug-likeness (QED) is 0.551. The predicted molar refractivity (Wildman–Crippen MR) is 48.6 cm³/mol. The first-order valence-corrected chi connectivity index (χ1v) is 5.09. The van der Waals surface area contributed by atoms with Gasteiger partial charge in [0.1, 0.15) is 5.54 Å². The van der Waals surface area contributed by atoms with E-state index < -0.39 is 5.54 Å². The van der Waals surface area contributed by atoms with Gasteiger partial charge in [0.25, 0.3) is 5.91 Å². The van der Waals surface area contributed by atoms with E-state index in [4.69, 9.17) is 0 Å². The molecule has 0 aromatic carbocycles. The zero-order chi connectivity index (χ0) is 9.76. The SMILES string of the molecule is O=C1NC(=O)C2(CCNC2)N1C1CC1. The number of hydrogen-bond acceptors (Lipinski definition) is 3. The largest absolute Gasteiger partial charge is 0.325 e. The van der Waals surface area contributed by atoms with Gasteiger partial charge in [-0.1, -0.05) is 0 Å². The lowest BCUT2D eigenvalue weighted by molar-refractivity contribution is -0.125. The number of amides is 3. The summed E-state index contributed by atoms with van der Waals surface area (Å²) >= 11 is 0. The number of carbonyl (C=O) groups excluding carboxylic acids is 2. The summed E-state index contributed by atoms with van der Waals surface area (Å²) in [5.74, 6) is -0.112. The molecule has 5 heteroatoms. The van der Waals surface area contributed by atoms with Crippen LogP contribution in [-0.2, 0) is 4.79 Å². The number of nitrogens with one attached hydrogen (secondary N) is 2. The lowest BCUT2D eigenvalue weighted by atomic mass is 9.97. The normalized spacial score (nSPS) is 37.0. The third kappa shape index (κ3) is 0.877. The summed E-state index contributed by atoms with van der Waals surface area (Å²) in [6.45, 7) is 1.44. The number of rotatable bonds is 1. The number of nitrogens with zero attached hydrogens (tertiary/aromatic N) is 1. The second kappa shape index (κ2) is 2.48. The maximum atomic E-state index is 11.7. The molecule has 2 saturated heterocycles. The second-order valence-corrected chi connectivity index (χ2v) is 4.32. The lowest BCUT2D eigenvalue weighted by Crippen LogP contribution is -2.52. The van der Waals surface area contributed by atoms with E-state index in [0.717, 1.165) is 25.8 Å². The maximum Gasteiger partial charge on any atom is 0.325 e. The van der Waals surface area contributed by atoms with Crippen LogP contribution in [0, 0.1) is 0 Å². The van der Waals surface area contributed by atoms with Gasteiger partial charge in [-0.2, -0.15) is 0 Å². The topological polar surface area (TPSA) is 61.4 Å². The summed E-state index contributed by atoms with van der Waals surface area (Å²) < 4.78 is 0. The fourth-order valence-electron chi connectivity index (χ4n) is 2.50. The Hall–Kier alpha value is -1.10.